The van der Waals surface area contributed by atoms with Crippen molar-refractivity contribution < 1.29 is 29.6 Å². The van der Waals surface area contributed by atoms with Crippen LogP contribution in [0.3, 0.4) is 0 Å². The Kier molecular flexibility index (Phi) is 3.41. The quantitative estimate of drug-likeness (QED) is 0.723. The van der Waals surface area contributed by atoms with Crippen LogP contribution < -0.4 is 9.47 Å². The first-order chi connectivity index (χ1) is 12.2. The number of fused-ring (bicyclic) bond motifs is 2. The van der Waals surface area contributed by atoms with Crippen LogP contribution in [-0.4, -0.2) is 26.7 Å². The molecule has 2 aromatic rings. The number of hydrogen-bond acceptors (Lipinski definition) is 6. The molecule has 2 aliphatic heterocycles. The molecular formula is C20H18O6. The van der Waals surface area contributed by atoms with Crippen molar-refractivity contribution in [3.05, 3.63) is 47.0 Å². The number of aromatic hydroxyl groups is 3. The van der Waals surface area contributed by atoms with E-state index >= 15 is 0 Å². The van der Waals surface area contributed by atoms with Crippen LogP contribution in [0.15, 0.2) is 30.3 Å². The van der Waals surface area contributed by atoms with Gasteiger partial charge in [0, 0.05) is 17.7 Å². The lowest BCUT2D eigenvalue weighted by atomic mass is 9.93. The minimum Gasteiger partial charge on any atom is -0.508 e. The van der Waals surface area contributed by atoms with Gasteiger partial charge in [-0.3, -0.25) is 4.79 Å². The van der Waals surface area contributed by atoms with Gasteiger partial charge in [-0.2, -0.15) is 0 Å². The molecule has 26 heavy (non-hydrogen) atoms. The van der Waals surface area contributed by atoms with Crippen molar-refractivity contribution in [3.8, 4) is 28.7 Å². The molecule has 2 heterocycles. The highest BCUT2D eigenvalue weighted by atomic mass is 16.5. The number of hydrogen-bond donors (Lipinski definition) is 3. The third-order valence-corrected chi connectivity index (χ3v) is 4.51. The van der Waals surface area contributed by atoms with Gasteiger partial charge in [-0.05, 0) is 37.6 Å². The first-order valence-electron chi connectivity index (χ1n) is 8.24. The van der Waals surface area contributed by atoms with Gasteiger partial charge in [-0.25, -0.2) is 0 Å². The van der Waals surface area contributed by atoms with E-state index in [-0.39, 0.29) is 40.8 Å². The minimum atomic E-state index is -0.643. The van der Waals surface area contributed by atoms with Gasteiger partial charge in [0.1, 0.15) is 34.5 Å². The molecule has 6 heteroatoms. The maximum Gasteiger partial charge on any atom is 0.174 e. The van der Waals surface area contributed by atoms with Crippen molar-refractivity contribution in [2.24, 2.45) is 0 Å². The van der Waals surface area contributed by atoms with Gasteiger partial charge in [-0.15, -0.1) is 0 Å². The maximum atomic E-state index is 12.4. The normalized spacial score (nSPS) is 19.9. The molecular weight excluding hydrogens is 336 g/mol. The average Bonchev–Trinajstić information content (AvgIpc) is 2.53. The second kappa shape index (κ2) is 5.42. The molecule has 0 saturated carbocycles. The molecule has 0 aliphatic carbocycles. The van der Waals surface area contributed by atoms with Crippen molar-refractivity contribution >= 4 is 11.9 Å². The maximum absolute atomic E-state index is 12.4. The van der Waals surface area contributed by atoms with Crippen LogP contribution in [0.4, 0.5) is 0 Å². The standard InChI is InChI=1S/C20H18O6/c1-20(2)4-3-10-5-11(6-15(24)19(10)26-20)16-9-14(23)18-13(22)7-12(21)8-17(18)25-16/h3-8,16,21-22,24H,9H2,1-2H3/t16-/m0/s1. The van der Waals surface area contributed by atoms with Gasteiger partial charge >= 0.3 is 0 Å². The summed E-state index contributed by atoms with van der Waals surface area (Å²) in [5.41, 5.74) is 0.847. The van der Waals surface area contributed by atoms with Crippen LogP contribution in [-0.2, 0) is 0 Å². The zero-order chi connectivity index (χ0) is 18.6. The molecule has 0 bridgehead atoms. The Morgan fingerprint density at radius 2 is 1.85 bits per heavy atom. The molecule has 0 radical (unpaired) electrons. The van der Waals surface area contributed by atoms with Crippen LogP contribution in [0, 0.1) is 0 Å². The van der Waals surface area contributed by atoms with E-state index in [1.54, 1.807) is 6.07 Å². The number of rotatable bonds is 1. The van der Waals surface area contributed by atoms with Crippen molar-refractivity contribution in [2.75, 3.05) is 0 Å². The van der Waals surface area contributed by atoms with Crippen molar-refractivity contribution in [2.45, 2.75) is 32.0 Å². The highest BCUT2D eigenvalue weighted by Crippen LogP contribution is 2.45. The first kappa shape index (κ1) is 16.3. The number of carbonyl (C=O) groups excluding carboxylic acids is 1. The summed E-state index contributed by atoms with van der Waals surface area (Å²) in [6, 6.07) is 5.71. The topological polar surface area (TPSA) is 96.2 Å². The summed E-state index contributed by atoms with van der Waals surface area (Å²) in [5, 5.41) is 29.9. The largest absolute Gasteiger partial charge is 0.508 e. The summed E-state index contributed by atoms with van der Waals surface area (Å²) in [5.74, 6) is -0.320. The summed E-state index contributed by atoms with van der Waals surface area (Å²) < 4.78 is 11.6. The highest BCUT2D eigenvalue weighted by molar-refractivity contribution is 6.02. The van der Waals surface area contributed by atoms with Gasteiger partial charge in [0.05, 0.1) is 6.42 Å². The Morgan fingerprint density at radius 3 is 2.62 bits per heavy atom. The predicted molar refractivity (Wildman–Crippen MR) is 93.9 cm³/mol. The van der Waals surface area contributed by atoms with E-state index in [4.69, 9.17) is 9.47 Å². The Labute approximate surface area is 149 Å². The van der Waals surface area contributed by atoms with Gasteiger partial charge in [0.15, 0.2) is 17.3 Å². The molecule has 0 amide bonds. The van der Waals surface area contributed by atoms with E-state index < -0.39 is 11.7 Å². The fraction of sp³-hybridized carbons (Fsp3) is 0.250. The average molecular weight is 354 g/mol. The SMILES string of the molecule is CC1(C)C=Cc2cc([C@@H]3CC(=O)c4c(O)cc(O)cc4O3)cc(O)c2O1. The molecule has 2 aliphatic rings. The van der Waals surface area contributed by atoms with E-state index in [0.29, 0.717) is 16.9 Å². The van der Waals surface area contributed by atoms with Crippen LogP contribution in [0.25, 0.3) is 6.08 Å². The number of ketones is 1. The van der Waals surface area contributed by atoms with E-state index in [0.717, 1.165) is 6.07 Å². The van der Waals surface area contributed by atoms with Gasteiger partial charge in [-0.1, -0.05) is 6.08 Å². The molecule has 0 spiro atoms. The zero-order valence-corrected chi connectivity index (χ0v) is 14.3. The number of phenols is 3. The summed E-state index contributed by atoms with van der Waals surface area (Å²) in [7, 11) is 0. The van der Waals surface area contributed by atoms with Crippen LogP contribution in [0.1, 0.15) is 47.9 Å². The Hall–Kier alpha value is -3.15. The molecule has 4 rings (SSSR count). The van der Waals surface area contributed by atoms with Crippen LogP contribution in [0.2, 0.25) is 0 Å². The summed E-state index contributed by atoms with van der Waals surface area (Å²) in [4.78, 5) is 12.4. The molecule has 0 aromatic heterocycles. The smallest absolute Gasteiger partial charge is 0.174 e. The first-order valence-corrected chi connectivity index (χ1v) is 8.24. The lowest BCUT2D eigenvalue weighted by molar-refractivity contribution is 0.0844. The highest BCUT2D eigenvalue weighted by Gasteiger charge is 2.32. The molecule has 1 atom stereocenters. The second-order valence-corrected chi connectivity index (χ2v) is 7.07. The van der Waals surface area contributed by atoms with Gasteiger partial charge < -0.3 is 24.8 Å². The van der Waals surface area contributed by atoms with E-state index in [1.807, 2.05) is 26.0 Å². The summed E-state index contributed by atoms with van der Waals surface area (Å²) >= 11 is 0. The van der Waals surface area contributed by atoms with E-state index in [9.17, 15) is 20.1 Å². The molecule has 2 aromatic carbocycles. The monoisotopic (exact) mass is 354 g/mol. The number of benzene rings is 2. The zero-order valence-electron chi connectivity index (χ0n) is 14.3. The van der Waals surface area contributed by atoms with Crippen LogP contribution in [0.5, 0.6) is 28.7 Å². The van der Waals surface area contributed by atoms with E-state index in [2.05, 4.69) is 0 Å². The summed E-state index contributed by atoms with van der Waals surface area (Å²) in [6.07, 6.45) is 3.12. The lowest BCUT2D eigenvalue weighted by Gasteiger charge is -2.30. The number of Topliss-reactive ketones (excluding diaryl/α,β-unsaturated/α-hetero) is 1. The fourth-order valence-electron chi connectivity index (χ4n) is 3.28. The molecule has 0 unspecified atom stereocenters. The van der Waals surface area contributed by atoms with Crippen LogP contribution >= 0.6 is 0 Å². The Morgan fingerprint density at radius 1 is 1.08 bits per heavy atom. The third-order valence-electron chi connectivity index (χ3n) is 4.51. The van der Waals surface area contributed by atoms with E-state index in [1.165, 1.54) is 12.1 Å². The molecule has 3 N–H and O–H groups in total. The second-order valence-electron chi connectivity index (χ2n) is 7.07. The third kappa shape index (κ3) is 2.63. The predicted octanol–water partition coefficient (Wildman–Crippen LogP) is 3.69. The molecule has 0 fully saturated rings. The fourth-order valence-corrected chi connectivity index (χ4v) is 3.28. The Bertz CT molecular complexity index is 957. The number of ether oxygens (including phenoxy) is 2. The number of phenolic OH excluding ortho intramolecular Hbond substituents is 3. The minimum absolute atomic E-state index is 0.0135. The lowest BCUT2D eigenvalue weighted by Crippen LogP contribution is -2.27. The van der Waals surface area contributed by atoms with Gasteiger partial charge in [0.25, 0.3) is 0 Å². The van der Waals surface area contributed by atoms with Crippen molar-refractivity contribution in [3.63, 3.8) is 0 Å². The number of carbonyl (C=O) groups is 1. The van der Waals surface area contributed by atoms with Gasteiger partial charge in [0.2, 0.25) is 0 Å². The molecule has 0 saturated heterocycles. The molecule has 134 valence electrons. The Balaban J connectivity index is 1.74. The molecule has 6 nitrogen and oxygen atoms in total. The summed E-state index contributed by atoms with van der Waals surface area (Å²) in [6.45, 7) is 3.77. The van der Waals surface area contributed by atoms with Crippen molar-refractivity contribution in [1.82, 2.24) is 0 Å². The van der Waals surface area contributed by atoms with Crippen molar-refractivity contribution in [1.29, 1.82) is 0 Å².